The van der Waals surface area contributed by atoms with Crippen LogP contribution in [-0.2, 0) is 9.59 Å². The molecule has 1 aliphatic rings. The summed E-state index contributed by atoms with van der Waals surface area (Å²) in [6.45, 7) is 0. The van der Waals surface area contributed by atoms with Crippen LogP contribution >= 0.6 is 0 Å². The fourth-order valence-electron chi connectivity index (χ4n) is 3.38. The minimum absolute atomic E-state index is 0.307. The molecule has 0 amide bonds. The van der Waals surface area contributed by atoms with Gasteiger partial charge in [-0.3, -0.25) is 9.59 Å². The van der Waals surface area contributed by atoms with Gasteiger partial charge in [0.2, 0.25) is 0 Å². The average Bonchev–Trinajstić information content (AvgIpc) is 2.63. The quantitative estimate of drug-likeness (QED) is 0.306. The van der Waals surface area contributed by atoms with Crippen molar-refractivity contribution in [3.8, 4) is 0 Å². The Morgan fingerprint density at radius 1 is 0.423 bits per heavy atom. The molecule has 0 saturated heterocycles. The van der Waals surface area contributed by atoms with E-state index >= 15 is 0 Å². The lowest BCUT2D eigenvalue weighted by Gasteiger charge is -2.05. The lowest BCUT2D eigenvalue weighted by Crippen LogP contribution is -1.93. The number of aliphatic carboxylic acids is 2. The van der Waals surface area contributed by atoms with Crippen molar-refractivity contribution in [2.75, 3.05) is 0 Å². The van der Waals surface area contributed by atoms with E-state index in [0.717, 1.165) is 38.5 Å². The van der Waals surface area contributed by atoms with E-state index in [9.17, 15) is 9.59 Å². The Kier molecular flexibility index (Phi) is 19.4. The molecule has 0 aromatic rings. The van der Waals surface area contributed by atoms with E-state index in [1.54, 1.807) is 0 Å². The topological polar surface area (TPSA) is 74.6 Å². The Morgan fingerprint density at radius 2 is 0.615 bits per heavy atom. The highest BCUT2D eigenvalue weighted by Crippen LogP contribution is 2.15. The molecule has 1 fully saturated rings. The average molecular weight is 371 g/mol. The molecule has 0 radical (unpaired) electrons. The van der Waals surface area contributed by atoms with Crippen LogP contribution in [0, 0.1) is 0 Å². The number of hydrogen-bond acceptors (Lipinski definition) is 2. The van der Waals surface area contributed by atoms with Gasteiger partial charge in [-0.15, -0.1) is 0 Å². The zero-order valence-electron chi connectivity index (χ0n) is 16.9. The van der Waals surface area contributed by atoms with Crippen molar-refractivity contribution in [1.82, 2.24) is 0 Å². The fraction of sp³-hybridized carbons (Fsp3) is 0.909. The molecule has 0 unspecified atom stereocenters. The largest absolute Gasteiger partial charge is 0.481 e. The van der Waals surface area contributed by atoms with Gasteiger partial charge in [0.05, 0.1) is 0 Å². The van der Waals surface area contributed by atoms with Gasteiger partial charge in [-0.05, 0) is 12.8 Å². The standard InChI is InChI=1S/C16H30O4.C6H12/c17-15(18)13-11-9-7-5-3-1-2-4-6-8-10-12-14-16(19)20;1-2-4-6-5-3-1/h1-14H2,(H,17,18)(H,19,20);1-6H2. The van der Waals surface area contributed by atoms with Crippen molar-refractivity contribution in [2.45, 2.75) is 128 Å². The lowest BCUT2D eigenvalue weighted by atomic mass is 10.0. The first-order valence-electron chi connectivity index (χ1n) is 11.1. The smallest absolute Gasteiger partial charge is 0.303 e. The monoisotopic (exact) mass is 370 g/mol. The van der Waals surface area contributed by atoms with Crippen LogP contribution in [0.4, 0.5) is 0 Å². The minimum atomic E-state index is -0.687. The molecule has 4 nitrogen and oxygen atoms in total. The SMILES string of the molecule is C1CCCCC1.O=C(O)CCCCCCCCCCCCCCC(=O)O. The number of rotatable bonds is 15. The molecule has 1 aliphatic carbocycles. The molecule has 26 heavy (non-hydrogen) atoms. The third-order valence-corrected chi connectivity index (χ3v) is 5.03. The third kappa shape index (κ3) is 22.9. The van der Waals surface area contributed by atoms with E-state index in [0.29, 0.717) is 12.8 Å². The number of carboxylic acid groups (broad SMARTS) is 2. The normalized spacial score (nSPS) is 13.7. The maximum atomic E-state index is 10.3. The van der Waals surface area contributed by atoms with E-state index < -0.39 is 11.9 Å². The van der Waals surface area contributed by atoms with Gasteiger partial charge in [0, 0.05) is 12.8 Å². The molecule has 154 valence electrons. The summed E-state index contributed by atoms with van der Waals surface area (Å²) >= 11 is 0. The molecule has 0 aliphatic heterocycles. The van der Waals surface area contributed by atoms with Gasteiger partial charge in [0.1, 0.15) is 0 Å². The zero-order valence-corrected chi connectivity index (χ0v) is 16.9. The van der Waals surface area contributed by atoms with E-state index in [-0.39, 0.29) is 0 Å². The Morgan fingerprint density at radius 3 is 0.808 bits per heavy atom. The molecule has 2 N–H and O–H groups in total. The van der Waals surface area contributed by atoms with Crippen molar-refractivity contribution in [3.63, 3.8) is 0 Å². The molecule has 0 aromatic carbocycles. The third-order valence-electron chi connectivity index (χ3n) is 5.03. The summed E-state index contributed by atoms with van der Waals surface area (Å²) in [6.07, 6.45) is 23.1. The first-order chi connectivity index (χ1) is 12.6. The van der Waals surface area contributed by atoms with Crippen LogP contribution in [0.1, 0.15) is 128 Å². The van der Waals surface area contributed by atoms with E-state index in [2.05, 4.69) is 0 Å². The summed E-state index contributed by atoms with van der Waals surface area (Å²) in [5.41, 5.74) is 0. The van der Waals surface area contributed by atoms with E-state index in [1.807, 2.05) is 0 Å². The number of hydrogen-bond donors (Lipinski definition) is 2. The summed E-state index contributed by atoms with van der Waals surface area (Å²) < 4.78 is 0. The Labute approximate surface area is 160 Å². The Bertz CT molecular complexity index is 287. The van der Waals surface area contributed by atoms with E-state index in [4.69, 9.17) is 10.2 Å². The van der Waals surface area contributed by atoms with Gasteiger partial charge < -0.3 is 10.2 Å². The molecule has 1 saturated carbocycles. The van der Waals surface area contributed by atoms with Crippen molar-refractivity contribution in [2.24, 2.45) is 0 Å². The first kappa shape index (κ1) is 24.9. The van der Waals surface area contributed by atoms with Gasteiger partial charge in [-0.25, -0.2) is 0 Å². The van der Waals surface area contributed by atoms with Crippen LogP contribution in [0.15, 0.2) is 0 Å². The molecule has 0 bridgehead atoms. The molecule has 0 atom stereocenters. The van der Waals surface area contributed by atoms with Gasteiger partial charge in [0.15, 0.2) is 0 Å². The summed E-state index contributed by atoms with van der Waals surface area (Å²) in [5, 5.41) is 17.0. The van der Waals surface area contributed by atoms with Crippen molar-refractivity contribution < 1.29 is 19.8 Å². The maximum Gasteiger partial charge on any atom is 0.303 e. The Balaban J connectivity index is 0.000000867. The van der Waals surface area contributed by atoms with Crippen LogP contribution < -0.4 is 0 Å². The second kappa shape index (κ2) is 20.3. The molecular formula is C22H42O4. The second-order valence-corrected chi connectivity index (χ2v) is 7.65. The van der Waals surface area contributed by atoms with Crippen molar-refractivity contribution in [3.05, 3.63) is 0 Å². The second-order valence-electron chi connectivity index (χ2n) is 7.65. The Hall–Kier alpha value is -1.06. The highest BCUT2D eigenvalue weighted by Gasteiger charge is 1.98. The summed E-state index contributed by atoms with van der Waals surface area (Å²) in [5.74, 6) is -1.37. The maximum absolute atomic E-state index is 10.3. The minimum Gasteiger partial charge on any atom is -0.481 e. The van der Waals surface area contributed by atoms with Crippen molar-refractivity contribution in [1.29, 1.82) is 0 Å². The first-order valence-corrected chi connectivity index (χ1v) is 11.1. The van der Waals surface area contributed by atoms with Gasteiger partial charge in [-0.2, -0.15) is 0 Å². The number of carbonyl (C=O) groups is 2. The molecule has 0 spiro atoms. The van der Waals surface area contributed by atoms with Crippen LogP contribution in [-0.4, -0.2) is 22.2 Å². The molecule has 1 rings (SSSR count). The zero-order chi connectivity index (χ0) is 19.3. The highest BCUT2D eigenvalue weighted by atomic mass is 16.4. The number of unbranched alkanes of at least 4 members (excludes halogenated alkanes) is 11. The van der Waals surface area contributed by atoms with Crippen LogP contribution in [0.5, 0.6) is 0 Å². The van der Waals surface area contributed by atoms with Crippen LogP contribution in [0.3, 0.4) is 0 Å². The van der Waals surface area contributed by atoms with Crippen LogP contribution in [0.25, 0.3) is 0 Å². The lowest BCUT2D eigenvalue weighted by molar-refractivity contribution is -0.138. The molecule has 4 heteroatoms. The van der Waals surface area contributed by atoms with Crippen molar-refractivity contribution >= 4 is 11.9 Å². The van der Waals surface area contributed by atoms with Gasteiger partial charge in [0.25, 0.3) is 0 Å². The predicted molar refractivity (Wildman–Crippen MR) is 108 cm³/mol. The van der Waals surface area contributed by atoms with E-state index in [1.165, 1.54) is 77.0 Å². The van der Waals surface area contributed by atoms with Gasteiger partial charge >= 0.3 is 11.9 Å². The highest BCUT2D eigenvalue weighted by molar-refractivity contribution is 5.66. The van der Waals surface area contributed by atoms with Crippen LogP contribution in [0.2, 0.25) is 0 Å². The molecule has 0 aromatic heterocycles. The summed E-state index contributed by atoms with van der Waals surface area (Å²) in [4.78, 5) is 20.6. The fourth-order valence-corrected chi connectivity index (χ4v) is 3.38. The molecule has 0 heterocycles. The number of carboxylic acids is 2. The summed E-state index contributed by atoms with van der Waals surface area (Å²) in [6, 6.07) is 0. The summed E-state index contributed by atoms with van der Waals surface area (Å²) in [7, 11) is 0. The molecular weight excluding hydrogens is 328 g/mol. The predicted octanol–water partition coefficient (Wildman–Crippen LogP) is 6.96. The van der Waals surface area contributed by atoms with Gasteiger partial charge in [-0.1, -0.05) is 103 Å².